The highest BCUT2D eigenvalue weighted by atomic mass is 35.5. The fourth-order valence-corrected chi connectivity index (χ4v) is 4.21. The number of hydrogen-bond donors (Lipinski definition) is 0. The van der Waals surface area contributed by atoms with Gasteiger partial charge in [-0.3, -0.25) is 14.5 Å². The summed E-state index contributed by atoms with van der Waals surface area (Å²) in [7, 11) is 0. The number of benzene rings is 3. The molecule has 0 saturated heterocycles. The van der Waals surface area contributed by atoms with Crippen LogP contribution in [-0.2, 0) is 6.54 Å². The molecule has 0 aromatic heterocycles. The quantitative estimate of drug-likeness (QED) is 0.357. The Morgan fingerprint density at radius 2 is 1.39 bits per heavy atom. The molecule has 1 aliphatic rings. The van der Waals surface area contributed by atoms with Crippen LogP contribution in [0.1, 0.15) is 43.3 Å². The zero-order valence-corrected chi connectivity index (χ0v) is 18.5. The number of hydrogen-bond acceptors (Lipinski definition) is 2. The number of allylic oxidation sites excluding steroid dienone is 1. The number of fused-ring (bicyclic) bond motifs is 1. The normalized spacial score (nSPS) is 14.8. The molecule has 0 radical (unpaired) electrons. The molecule has 0 bridgehead atoms. The lowest BCUT2D eigenvalue weighted by Crippen LogP contribution is -2.29. The van der Waals surface area contributed by atoms with Crippen LogP contribution in [0.25, 0.3) is 6.08 Å². The Hall–Kier alpha value is -3.09. The summed E-state index contributed by atoms with van der Waals surface area (Å²) in [4.78, 5) is 26.2. The van der Waals surface area contributed by atoms with Gasteiger partial charge in [-0.05, 0) is 47.0 Å². The summed E-state index contributed by atoms with van der Waals surface area (Å²) in [5.41, 5.74) is 1.88. The van der Waals surface area contributed by atoms with Crippen LogP contribution in [0.4, 0.5) is 13.2 Å². The molecular weight excluding hydrogens is 474 g/mol. The first-order valence-corrected chi connectivity index (χ1v) is 10.6. The lowest BCUT2D eigenvalue weighted by molar-refractivity contribution is -0.139. The highest BCUT2D eigenvalue weighted by molar-refractivity contribution is 6.34. The highest BCUT2D eigenvalue weighted by Crippen LogP contribution is 2.38. The summed E-state index contributed by atoms with van der Waals surface area (Å²) in [6, 6.07) is 17.0. The predicted molar refractivity (Wildman–Crippen MR) is 121 cm³/mol. The molecule has 0 aliphatic carbocycles. The second-order valence-corrected chi connectivity index (χ2v) is 8.44. The van der Waals surface area contributed by atoms with E-state index < -0.39 is 12.1 Å². The van der Waals surface area contributed by atoms with Crippen LogP contribution < -0.4 is 0 Å². The lowest BCUT2D eigenvalue weighted by Gasteiger charge is -2.18. The Bertz CT molecular complexity index is 1200. The Kier molecular flexibility index (Phi) is 6.32. The van der Waals surface area contributed by atoms with E-state index in [1.165, 1.54) is 24.3 Å². The summed E-state index contributed by atoms with van der Waals surface area (Å²) in [6.45, 7) is 0.0720. The van der Waals surface area contributed by atoms with Gasteiger partial charge in [0, 0.05) is 10.0 Å². The van der Waals surface area contributed by atoms with Crippen molar-refractivity contribution in [3.05, 3.63) is 111 Å². The van der Waals surface area contributed by atoms with Crippen molar-refractivity contribution in [3.63, 3.8) is 0 Å². The van der Waals surface area contributed by atoms with Crippen molar-refractivity contribution in [2.45, 2.75) is 18.6 Å². The molecule has 3 nitrogen and oxygen atoms in total. The van der Waals surface area contributed by atoms with E-state index in [4.69, 9.17) is 23.2 Å². The van der Waals surface area contributed by atoms with E-state index in [1.807, 2.05) is 0 Å². The molecule has 8 heteroatoms. The third-order valence-electron chi connectivity index (χ3n) is 5.28. The fraction of sp³-hybridized carbons (Fsp3) is 0.120. The van der Waals surface area contributed by atoms with Crippen LogP contribution >= 0.6 is 23.2 Å². The number of alkyl halides is 3. The van der Waals surface area contributed by atoms with Crippen molar-refractivity contribution in [1.29, 1.82) is 0 Å². The van der Waals surface area contributed by atoms with Gasteiger partial charge in [0.2, 0.25) is 0 Å². The molecule has 0 N–H and O–H groups in total. The zero-order valence-electron chi connectivity index (χ0n) is 16.9. The number of nitrogens with zero attached hydrogens (tertiary/aromatic N) is 1. The van der Waals surface area contributed by atoms with E-state index in [0.717, 1.165) is 11.0 Å². The maximum absolute atomic E-state index is 13.6. The van der Waals surface area contributed by atoms with Gasteiger partial charge in [0.25, 0.3) is 11.8 Å². The van der Waals surface area contributed by atoms with Gasteiger partial charge in [-0.25, -0.2) is 0 Å². The number of halogens is 5. The van der Waals surface area contributed by atoms with Gasteiger partial charge < -0.3 is 0 Å². The molecule has 4 rings (SSSR count). The van der Waals surface area contributed by atoms with Crippen LogP contribution in [-0.4, -0.2) is 22.9 Å². The monoisotopic (exact) mass is 489 g/mol. The lowest BCUT2D eigenvalue weighted by atomic mass is 9.97. The SMILES string of the molecule is O=C1c2ccccc2C(=O)N1Cc1ccc(/C=C/C(c2cc(Cl)cc(Cl)c2)C(F)(F)F)cc1. The van der Waals surface area contributed by atoms with Crippen molar-refractivity contribution < 1.29 is 22.8 Å². The molecule has 3 aromatic rings. The molecule has 1 unspecified atom stereocenters. The number of rotatable bonds is 5. The summed E-state index contributed by atoms with van der Waals surface area (Å²) >= 11 is 11.7. The number of imide groups is 1. The van der Waals surface area contributed by atoms with Gasteiger partial charge in [0.15, 0.2) is 0 Å². The molecule has 1 aliphatic heterocycles. The molecule has 0 fully saturated rings. The van der Waals surface area contributed by atoms with Gasteiger partial charge in [0.05, 0.1) is 23.6 Å². The Morgan fingerprint density at radius 1 is 0.848 bits per heavy atom. The van der Waals surface area contributed by atoms with Crippen LogP contribution in [0.3, 0.4) is 0 Å². The van der Waals surface area contributed by atoms with Crippen LogP contribution in [0.2, 0.25) is 10.0 Å². The summed E-state index contributed by atoms with van der Waals surface area (Å²) in [6.07, 6.45) is -2.13. The van der Waals surface area contributed by atoms with Gasteiger partial charge >= 0.3 is 6.18 Å². The Morgan fingerprint density at radius 3 is 1.91 bits per heavy atom. The Balaban J connectivity index is 1.51. The second kappa shape index (κ2) is 9.04. The van der Waals surface area contributed by atoms with Crippen LogP contribution in [0.5, 0.6) is 0 Å². The average Bonchev–Trinajstić information content (AvgIpc) is 2.98. The minimum absolute atomic E-state index is 0.0569. The molecule has 168 valence electrons. The third-order valence-corrected chi connectivity index (χ3v) is 5.71. The molecule has 0 spiro atoms. The fourth-order valence-electron chi connectivity index (χ4n) is 3.67. The van der Waals surface area contributed by atoms with Crippen LogP contribution in [0.15, 0.2) is 72.8 Å². The Labute approximate surface area is 198 Å². The summed E-state index contributed by atoms with van der Waals surface area (Å²) < 4.78 is 40.9. The molecule has 0 saturated carbocycles. The number of amides is 2. The van der Waals surface area contributed by atoms with E-state index in [-0.39, 0.29) is 34.0 Å². The molecule has 2 amide bonds. The van der Waals surface area contributed by atoms with Crippen molar-refractivity contribution in [2.24, 2.45) is 0 Å². The number of carbonyl (C=O) groups excluding carboxylic acids is 2. The van der Waals surface area contributed by atoms with Crippen molar-refractivity contribution in [1.82, 2.24) is 4.90 Å². The second-order valence-electron chi connectivity index (χ2n) is 7.56. The van der Waals surface area contributed by atoms with E-state index in [2.05, 4.69) is 0 Å². The first-order chi connectivity index (χ1) is 15.6. The van der Waals surface area contributed by atoms with E-state index in [9.17, 15) is 22.8 Å². The molecule has 33 heavy (non-hydrogen) atoms. The minimum atomic E-state index is -4.53. The third kappa shape index (κ3) is 4.97. The van der Waals surface area contributed by atoms with Gasteiger partial charge in [-0.2, -0.15) is 13.2 Å². The smallest absolute Gasteiger partial charge is 0.270 e. The zero-order chi connectivity index (χ0) is 23.8. The van der Waals surface area contributed by atoms with E-state index >= 15 is 0 Å². The summed E-state index contributed by atoms with van der Waals surface area (Å²) in [5.74, 6) is -2.62. The highest BCUT2D eigenvalue weighted by Gasteiger charge is 2.39. The molecule has 1 heterocycles. The van der Waals surface area contributed by atoms with Crippen molar-refractivity contribution in [2.75, 3.05) is 0 Å². The van der Waals surface area contributed by atoms with Crippen molar-refractivity contribution >= 4 is 41.1 Å². The summed E-state index contributed by atoms with van der Waals surface area (Å²) in [5, 5.41) is 0.246. The van der Waals surface area contributed by atoms with E-state index in [1.54, 1.807) is 48.5 Å². The van der Waals surface area contributed by atoms with E-state index in [0.29, 0.717) is 22.3 Å². The molecule has 1 atom stereocenters. The maximum Gasteiger partial charge on any atom is 0.399 e. The standard InChI is InChI=1S/C25H16Cl2F3NO2/c26-18-11-17(12-19(27)13-18)22(25(28,29)30)10-9-15-5-7-16(8-6-15)14-31-23(32)20-3-1-2-4-21(20)24(31)33/h1-13,22H,14H2/b10-9+. The topological polar surface area (TPSA) is 37.4 Å². The van der Waals surface area contributed by atoms with Crippen LogP contribution in [0, 0.1) is 0 Å². The number of carbonyl (C=O) groups is 2. The van der Waals surface area contributed by atoms with Gasteiger partial charge in [-0.15, -0.1) is 0 Å². The first kappa shape index (κ1) is 23.1. The minimum Gasteiger partial charge on any atom is -0.270 e. The largest absolute Gasteiger partial charge is 0.399 e. The first-order valence-electron chi connectivity index (χ1n) is 9.88. The van der Waals surface area contributed by atoms with Gasteiger partial charge in [0.1, 0.15) is 0 Å². The van der Waals surface area contributed by atoms with Crippen molar-refractivity contribution in [3.8, 4) is 0 Å². The van der Waals surface area contributed by atoms with Gasteiger partial charge in [-0.1, -0.05) is 71.8 Å². The maximum atomic E-state index is 13.6. The molecule has 3 aromatic carbocycles. The predicted octanol–water partition coefficient (Wildman–Crippen LogP) is 7.15. The molecular formula is C25H16Cl2F3NO2. The average molecular weight is 490 g/mol.